The van der Waals surface area contributed by atoms with E-state index < -0.39 is 17.6 Å². The molecule has 1 aliphatic rings. The number of imide groups is 1. The van der Waals surface area contributed by atoms with Crippen LogP contribution in [0.2, 0.25) is 0 Å². The number of hydrogen-bond acceptors (Lipinski definition) is 5. The van der Waals surface area contributed by atoms with Crippen LogP contribution in [-0.2, 0) is 14.4 Å². The van der Waals surface area contributed by atoms with Gasteiger partial charge < -0.3 is 15.4 Å². The molecule has 4 rings (SSSR count). The second-order valence-corrected chi connectivity index (χ2v) is 7.76. The van der Waals surface area contributed by atoms with Gasteiger partial charge in [0.05, 0.1) is 24.1 Å². The fraction of sp³-hybridized carbons (Fsp3) is 0.115. The number of ether oxygens (including phenoxy) is 1. The molecule has 0 radical (unpaired) electrons. The Hall–Kier alpha value is -4.46. The molecule has 0 aliphatic carbocycles. The molecule has 0 fully saturated rings. The van der Waals surface area contributed by atoms with Gasteiger partial charge in [-0.1, -0.05) is 18.2 Å². The Balaban J connectivity index is 1.82. The van der Waals surface area contributed by atoms with E-state index in [1.165, 1.54) is 38.3 Å². The van der Waals surface area contributed by atoms with Crippen LogP contribution in [-0.4, -0.2) is 24.8 Å². The van der Waals surface area contributed by atoms with Gasteiger partial charge in [-0.15, -0.1) is 0 Å². The van der Waals surface area contributed by atoms with Crippen molar-refractivity contribution in [1.29, 1.82) is 0 Å². The van der Waals surface area contributed by atoms with Crippen LogP contribution in [0, 0.1) is 12.7 Å². The predicted molar refractivity (Wildman–Crippen MR) is 128 cm³/mol. The maximum Gasteiger partial charge on any atom is 0.282 e. The van der Waals surface area contributed by atoms with Gasteiger partial charge in [0.15, 0.2) is 0 Å². The van der Waals surface area contributed by atoms with E-state index in [0.717, 1.165) is 10.5 Å². The van der Waals surface area contributed by atoms with Gasteiger partial charge in [-0.25, -0.2) is 9.29 Å². The average Bonchev–Trinajstić information content (AvgIpc) is 3.04. The maximum atomic E-state index is 13.5. The van der Waals surface area contributed by atoms with Gasteiger partial charge >= 0.3 is 0 Å². The molecule has 3 aromatic carbocycles. The molecule has 3 amide bonds. The summed E-state index contributed by atoms with van der Waals surface area (Å²) in [6, 6.07) is 17.1. The Morgan fingerprint density at radius 1 is 0.941 bits per heavy atom. The molecule has 0 bridgehead atoms. The lowest BCUT2D eigenvalue weighted by atomic mass is 10.0. The van der Waals surface area contributed by atoms with E-state index in [0.29, 0.717) is 22.7 Å². The van der Waals surface area contributed by atoms with Crippen molar-refractivity contribution >= 4 is 40.4 Å². The highest BCUT2D eigenvalue weighted by Gasteiger charge is 2.40. The molecule has 0 aromatic heterocycles. The summed E-state index contributed by atoms with van der Waals surface area (Å²) in [5.41, 5.74) is 2.93. The summed E-state index contributed by atoms with van der Waals surface area (Å²) >= 11 is 0. The van der Waals surface area contributed by atoms with Crippen molar-refractivity contribution in [3.05, 3.63) is 89.4 Å². The van der Waals surface area contributed by atoms with Crippen LogP contribution in [0.5, 0.6) is 5.75 Å². The number of halogens is 1. The topological polar surface area (TPSA) is 87.7 Å². The SMILES string of the molecule is COc1ccc(C)cc1NC1=C(c2ccc(NC(C)=O)cc2)C(=O)N(c2ccc(F)cc2)C1=O. The summed E-state index contributed by atoms with van der Waals surface area (Å²) in [6.45, 7) is 3.29. The highest BCUT2D eigenvalue weighted by atomic mass is 19.1. The van der Waals surface area contributed by atoms with Crippen LogP contribution in [0.3, 0.4) is 0 Å². The first-order chi connectivity index (χ1) is 16.3. The lowest BCUT2D eigenvalue weighted by Crippen LogP contribution is -2.32. The van der Waals surface area contributed by atoms with Crippen molar-refractivity contribution in [1.82, 2.24) is 0 Å². The number of methoxy groups -OCH3 is 1. The zero-order valence-corrected chi connectivity index (χ0v) is 18.8. The van der Waals surface area contributed by atoms with Crippen LogP contribution in [0.15, 0.2) is 72.4 Å². The molecule has 34 heavy (non-hydrogen) atoms. The zero-order valence-electron chi connectivity index (χ0n) is 18.8. The van der Waals surface area contributed by atoms with Crippen LogP contribution < -0.4 is 20.3 Å². The number of nitrogens with zero attached hydrogens (tertiary/aromatic N) is 1. The third kappa shape index (κ3) is 4.38. The van der Waals surface area contributed by atoms with Crippen molar-refractivity contribution in [2.24, 2.45) is 0 Å². The molecule has 0 unspecified atom stereocenters. The van der Waals surface area contributed by atoms with Gasteiger partial charge in [-0.2, -0.15) is 0 Å². The molecule has 2 N–H and O–H groups in total. The van der Waals surface area contributed by atoms with E-state index >= 15 is 0 Å². The third-order valence-electron chi connectivity index (χ3n) is 5.28. The molecule has 0 spiro atoms. The molecular formula is C26H22FN3O4. The van der Waals surface area contributed by atoms with Crippen molar-refractivity contribution in [3.63, 3.8) is 0 Å². The van der Waals surface area contributed by atoms with E-state index in [1.807, 2.05) is 19.1 Å². The van der Waals surface area contributed by atoms with Gasteiger partial charge in [-0.05, 0) is 66.6 Å². The quantitative estimate of drug-likeness (QED) is 0.530. The Bertz CT molecular complexity index is 1310. The number of hydrogen-bond donors (Lipinski definition) is 2. The number of nitrogens with one attached hydrogen (secondary N) is 2. The van der Waals surface area contributed by atoms with Gasteiger partial charge in [0.2, 0.25) is 5.91 Å². The third-order valence-corrected chi connectivity index (χ3v) is 5.28. The lowest BCUT2D eigenvalue weighted by Gasteiger charge is -2.16. The van der Waals surface area contributed by atoms with Crippen LogP contribution >= 0.6 is 0 Å². The van der Waals surface area contributed by atoms with Gasteiger partial charge in [-0.3, -0.25) is 14.4 Å². The van der Waals surface area contributed by atoms with Gasteiger partial charge in [0.1, 0.15) is 17.3 Å². The summed E-state index contributed by atoms with van der Waals surface area (Å²) in [5, 5.41) is 5.76. The molecule has 3 aromatic rings. The van der Waals surface area contributed by atoms with E-state index in [-0.39, 0.29) is 22.9 Å². The van der Waals surface area contributed by atoms with Gasteiger partial charge in [0.25, 0.3) is 11.8 Å². The Kier molecular flexibility index (Phi) is 6.14. The number of carbonyl (C=O) groups is 3. The summed E-state index contributed by atoms with van der Waals surface area (Å²) in [6.07, 6.45) is 0. The van der Waals surface area contributed by atoms with E-state index in [9.17, 15) is 18.8 Å². The number of rotatable bonds is 6. The van der Waals surface area contributed by atoms with E-state index in [1.54, 1.807) is 30.3 Å². The molecule has 1 heterocycles. The predicted octanol–water partition coefficient (Wildman–Crippen LogP) is 4.50. The number of aryl methyl sites for hydroxylation is 1. The lowest BCUT2D eigenvalue weighted by molar-refractivity contribution is -0.120. The van der Waals surface area contributed by atoms with Crippen LogP contribution in [0.4, 0.5) is 21.5 Å². The van der Waals surface area contributed by atoms with Crippen molar-refractivity contribution < 1.29 is 23.5 Å². The highest BCUT2D eigenvalue weighted by Crippen LogP contribution is 2.36. The Morgan fingerprint density at radius 3 is 2.24 bits per heavy atom. The van der Waals surface area contributed by atoms with E-state index in [4.69, 9.17) is 4.74 Å². The molecular weight excluding hydrogens is 437 g/mol. The highest BCUT2D eigenvalue weighted by molar-refractivity contribution is 6.46. The summed E-state index contributed by atoms with van der Waals surface area (Å²) in [5.74, 6) is -1.35. The summed E-state index contributed by atoms with van der Waals surface area (Å²) in [4.78, 5) is 39.3. The second kappa shape index (κ2) is 9.19. The first-order valence-corrected chi connectivity index (χ1v) is 10.5. The van der Waals surface area contributed by atoms with Crippen molar-refractivity contribution in [3.8, 4) is 5.75 Å². The zero-order chi connectivity index (χ0) is 24.4. The average molecular weight is 459 g/mol. The Labute approximate surface area is 195 Å². The number of benzene rings is 3. The minimum atomic E-state index is -0.582. The first kappa shape index (κ1) is 22.7. The molecule has 0 saturated carbocycles. The van der Waals surface area contributed by atoms with E-state index in [2.05, 4.69) is 10.6 Å². The Morgan fingerprint density at radius 2 is 1.62 bits per heavy atom. The minimum absolute atomic E-state index is 0.0607. The van der Waals surface area contributed by atoms with Crippen molar-refractivity contribution in [2.75, 3.05) is 22.6 Å². The van der Waals surface area contributed by atoms with Crippen molar-refractivity contribution in [2.45, 2.75) is 13.8 Å². The number of amides is 3. The monoisotopic (exact) mass is 459 g/mol. The molecule has 7 nitrogen and oxygen atoms in total. The number of anilines is 3. The fourth-order valence-electron chi connectivity index (χ4n) is 3.72. The molecule has 0 atom stereocenters. The summed E-state index contributed by atoms with van der Waals surface area (Å²) < 4.78 is 18.9. The fourth-order valence-corrected chi connectivity index (χ4v) is 3.72. The first-order valence-electron chi connectivity index (χ1n) is 10.5. The molecule has 0 saturated heterocycles. The number of carbonyl (C=O) groups excluding carboxylic acids is 3. The molecule has 1 aliphatic heterocycles. The second-order valence-electron chi connectivity index (χ2n) is 7.76. The molecule has 172 valence electrons. The standard InChI is InChI=1S/C26H22FN3O4/c1-15-4-13-22(34-3)21(14-15)29-24-23(17-5-9-19(10-6-17)28-16(2)31)25(32)30(26(24)33)20-11-7-18(27)8-12-20/h4-14,29H,1-3H3,(H,28,31). The minimum Gasteiger partial charge on any atom is -0.495 e. The normalized spacial score (nSPS) is 13.4. The molecule has 8 heteroatoms. The summed E-state index contributed by atoms with van der Waals surface area (Å²) in [7, 11) is 1.51. The smallest absolute Gasteiger partial charge is 0.282 e. The largest absolute Gasteiger partial charge is 0.495 e. The van der Waals surface area contributed by atoms with Crippen LogP contribution in [0.1, 0.15) is 18.1 Å². The van der Waals surface area contributed by atoms with Gasteiger partial charge in [0, 0.05) is 12.6 Å². The van der Waals surface area contributed by atoms with Crippen LogP contribution in [0.25, 0.3) is 5.57 Å². The maximum absolute atomic E-state index is 13.5.